The number of aromatic nitrogens is 3. The number of nitrogens with zero attached hydrogens (tertiary/aromatic N) is 3. The maximum absolute atomic E-state index is 12.6. The first-order valence-electron chi connectivity index (χ1n) is 9.71. The van der Waals surface area contributed by atoms with Gasteiger partial charge in [0.2, 0.25) is 11.8 Å². The molecule has 0 saturated carbocycles. The van der Waals surface area contributed by atoms with E-state index in [1.54, 1.807) is 13.2 Å². The number of rotatable bonds is 8. The molecule has 0 radical (unpaired) electrons. The number of hydrogen-bond donors (Lipinski definition) is 2. The van der Waals surface area contributed by atoms with Gasteiger partial charge in [0.15, 0.2) is 10.8 Å². The average molecular weight is 468 g/mol. The Morgan fingerprint density at radius 1 is 1.09 bits per heavy atom. The molecule has 3 N–H and O–H groups in total. The van der Waals surface area contributed by atoms with Crippen molar-refractivity contribution in [3.8, 4) is 5.75 Å². The third-order valence-corrected chi connectivity index (χ3v) is 6.76. The van der Waals surface area contributed by atoms with Crippen LogP contribution >= 0.6 is 23.5 Å². The molecule has 0 spiro atoms. The van der Waals surface area contributed by atoms with Crippen molar-refractivity contribution in [1.29, 1.82) is 0 Å². The van der Waals surface area contributed by atoms with E-state index in [0.29, 0.717) is 16.5 Å². The van der Waals surface area contributed by atoms with Gasteiger partial charge < -0.3 is 15.8 Å². The van der Waals surface area contributed by atoms with Gasteiger partial charge >= 0.3 is 0 Å². The molecule has 0 bridgehead atoms. The lowest BCUT2D eigenvalue weighted by atomic mass is 10.1. The minimum Gasteiger partial charge on any atom is -0.497 e. The van der Waals surface area contributed by atoms with Crippen LogP contribution in [-0.4, -0.2) is 45.0 Å². The summed E-state index contributed by atoms with van der Waals surface area (Å²) in [5.74, 6) is 0.423. The molecule has 2 aromatic carbocycles. The number of carbonyl (C=O) groups excluding carboxylic acids is 2. The molecule has 4 rings (SSSR count). The molecule has 2 heterocycles. The molecule has 2 aromatic heterocycles. The molecule has 0 saturated heterocycles. The standard InChI is InChI=1S/C22H21N5O3S2/c1-13-9-20-25-26-22(27(20)17-10-14(30-2)7-8-15(13)17)32-12-21(29)24-16-5-3-4-6-18(16)31-11-19(23)28/h3-10H,11-12H2,1-2H3,(H2,23,28)(H,24,29). The molecule has 0 unspecified atom stereocenters. The van der Waals surface area contributed by atoms with Gasteiger partial charge in [-0.2, -0.15) is 0 Å². The molecular weight excluding hydrogens is 446 g/mol. The predicted octanol–water partition coefficient (Wildman–Crippen LogP) is 3.51. The second kappa shape index (κ2) is 9.49. The molecule has 0 aliphatic heterocycles. The second-order valence-corrected chi connectivity index (χ2v) is 8.93. The Morgan fingerprint density at radius 3 is 2.69 bits per heavy atom. The summed E-state index contributed by atoms with van der Waals surface area (Å²) in [6.45, 7) is 2.03. The first kappa shape index (κ1) is 22.0. The van der Waals surface area contributed by atoms with Crippen molar-refractivity contribution in [2.45, 2.75) is 17.0 Å². The molecule has 32 heavy (non-hydrogen) atoms. The maximum Gasteiger partial charge on any atom is 0.234 e. The van der Waals surface area contributed by atoms with E-state index in [2.05, 4.69) is 15.5 Å². The van der Waals surface area contributed by atoms with E-state index < -0.39 is 5.91 Å². The third kappa shape index (κ3) is 4.66. The highest BCUT2D eigenvalue weighted by Crippen LogP contribution is 2.30. The van der Waals surface area contributed by atoms with Crippen LogP contribution in [-0.2, 0) is 9.59 Å². The Bertz CT molecular complexity index is 1320. The summed E-state index contributed by atoms with van der Waals surface area (Å²) in [5.41, 5.74) is 8.58. The lowest BCUT2D eigenvalue weighted by Crippen LogP contribution is -2.16. The lowest BCUT2D eigenvalue weighted by Gasteiger charge is -2.11. The Balaban J connectivity index is 1.54. The molecule has 10 heteroatoms. The summed E-state index contributed by atoms with van der Waals surface area (Å²) in [4.78, 5) is 24.5. The quantitative estimate of drug-likeness (QED) is 0.381. The van der Waals surface area contributed by atoms with Crippen molar-refractivity contribution < 1.29 is 14.3 Å². The number of benzene rings is 2. The summed E-state index contributed by atoms with van der Waals surface area (Å²) in [6.07, 6.45) is 0. The summed E-state index contributed by atoms with van der Waals surface area (Å²) >= 11 is 2.58. The van der Waals surface area contributed by atoms with Crippen LogP contribution in [0.5, 0.6) is 5.75 Å². The van der Waals surface area contributed by atoms with Gasteiger partial charge in [-0.05, 0) is 42.8 Å². The van der Waals surface area contributed by atoms with Gasteiger partial charge in [0.1, 0.15) is 5.75 Å². The van der Waals surface area contributed by atoms with Gasteiger partial charge in [0.25, 0.3) is 0 Å². The number of primary amides is 1. The number of para-hydroxylation sites is 1. The van der Waals surface area contributed by atoms with Gasteiger partial charge in [-0.15, -0.1) is 22.0 Å². The molecule has 0 aliphatic carbocycles. The van der Waals surface area contributed by atoms with Crippen molar-refractivity contribution in [1.82, 2.24) is 14.6 Å². The van der Waals surface area contributed by atoms with E-state index in [0.717, 1.165) is 27.1 Å². The Morgan fingerprint density at radius 2 is 1.91 bits per heavy atom. The normalized spacial score (nSPS) is 11.1. The van der Waals surface area contributed by atoms with E-state index in [1.807, 2.05) is 53.8 Å². The molecule has 0 atom stereocenters. The van der Waals surface area contributed by atoms with E-state index in [-0.39, 0.29) is 17.4 Å². The van der Waals surface area contributed by atoms with Crippen molar-refractivity contribution in [3.63, 3.8) is 0 Å². The largest absolute Gasteiger partial charge is 0.497 e. The van der Waals surface area contributed by atoms with Crippen LogP contribution < -0.4 is 15.8 Å². The fourth-order valence-corrected chi connectivity index (χ4v) is 4.78. The summed E-state index contributed by atoms with van der Waals surface area (Å²) in [7, 11) is 1.62. The summed E-state index contributed by atoms with van der Waals surface area (Å²) in [5, 5.41) is 13.1. The van der Waals surface area contributed by atoms with E-state index in [9.17, 15) is 9.59 Å². The summed E-state index contributed by atoms with van der Waals surface area (Å²) < 4.78 is 7.31. The Labute approximate surface area is 192 Å². The number of thioether (sulfide) groups is 2. The number of aryl methyl sites for hydroxylation is 1. The van der Waals surface area contributed by atoms with Crippen LogP contribution in [0.25, 0.3) is 16.6 Å². The number of anilines is 1. The van der Waals surface area contributed by atoms with E-state index >= 15 is 0 Å². The number of amides is 2. The Kier molecular flexibility index (Phi) is 6.52. The van der Waals surface area contributed by atoms with Crippen LogP contribution in [0.4, 0.5) is 5.69 Å². The zero-order valence-corrected chi connectivity index (χ0v) is 19.1. The number of carbonyl (C=O) groups is 2. The zero-order valence-electron chi connectivity index (χ0n) is 17.5. The van der Waals surface area contributed by atoms with Gasteiger partial charge in [-0.25, -0.2) is 0 Å². The number of nitrogens with two attached hydrogens (primary N) is 1. The van der Waals surface area contributed by atoms with Crippen LogP contribution in [0.1, 0.15) is 5.56 Å². The molecule has 2 amide bonds. The van der Waals surface area contributed by atoms with Gasteiger partial charge in [-0.1, -0.05) is 23.9 Å². The first-order valence-corrected chi connectivity index (χ1v) is 11.7. The van der Waals surface area contributed by atoms with Gasteiger partial charge in [-0.3, -0.25) is 14.0 Å². The number of ether oxygens (including phenoxy) is 1. The topological polar surface area (TPSA) is 112 Å². The smallest absolute Gasteiger partial charge is 0.234 e. The predicted molar refractivity (Wildman–Crippen MR) is 127 cm³/mol. The average Bonchev–Trinajstić information content (AvgIpc) is 3.19. The number of fused-ring (bicyclic) bond motifs is 3. The number of methoxy groups -OCH3 is 1. The van der Waals surface area contributed by atoms with Crippen molar-refractivity contribution in [3.05, 3.63) is 54.1 Å². The first-order chi connectivity index (χ1) is 15.5. The van der Waals surface area contributed by atoms with Gasteiger partial charge in [0, 0.05) is 16.3 Å². The molecule has 164 valence electrons. The minimum absolute atomic E-state index is 0.142. The number of hydrogen-bond acceptors (Lipinski definition) is 7. The van der Waals surface area contributed by atoms with Crippen LogP contribution in [0.3, 0.4) is 0 Å². The molecule has 0 fully saturated rings. The molecule has 4 aromatic rings. The minimum atomic E-state index is -0.413. The van der Waals surface area contributed by atoms with E-state index in [1.165, 1.54) is 23.5 Å². The van der Waals surface area contributed by atoms with Crippen LogP contribution in [0, 0.1) is 6.92 Å². The highest BCUT2D eigenvalue weighted by Gasteiger charge is 2.15. The zero-order chi connectivity index (χ0) is 22.7. The van der Waals surface area contributed by atoms with Crippen LogP contribution in [0.15, 0.2) is 58.6 Å². The number of nitrogens with one attached hydrogen (secondary N) is 1. The third-order valence-electron chi connectivity index (χ3n) is 4.74. The molecule has 0 aliphatic rings. The van der Waals surface area contributed by atoms with Crippen molar-refractivity contribution in [2.24, 2.45) is 5.73 Å². The SMILES string of the molecule is COc1ccc2c(C)cc3nnc(SCC(=O)Nc4ccccc4SCC(N)=O)n3c2c1. The molecular formula is C22H21N5O3S2. The highest BCUT2D eigenvalue weighted by molar-refractivity contribution is 8.00. The van der Waals surface area contributed by atoms with Crippen LogP contribution in [0.2, 0.25) is 0 Å². The second-order valence-electron chi connectivity index (χ2n) is 6.97. The Hall–Kier alpha value is -3.24. The fraction of sp³-hybridized carbons (Fsp3) is 0.182. The maximum atomic E-state index is 12.6. The van der Waals surface area contributed by atoms with Gasteiger partial charge in [0.05, 0.1) is 29.8 Å². The molecule has 8 nitrogen and oxygen atoms in total. The van der Waals surface area contributed by atoms with Crippen molar-refractivity contribution >= 4 is 57.6 Å². The monoisotopic (exact) mass is 467 g/mol. The van der Waals surface area contributed by atoms with E-state index in [4.69, 9.17) is 10.5 Å². The fourth-order valence-electron chi connectivity index (χ4n) is 3.28. The lowest BCUT2D eigenvalue weighted by molar-refractivity contribution is -0.115. The highest BCUT2D eigenvalue weighted by atomic mass is 32.2. The van der Waals surface area contributed by atoms with Crippen molar-refractivity contribution in [2.75, 3.05) is 23.9 Å². The number of pyridine rings is 1. The summed E-state index contributed by atoms with van der Waals surface area (Å²) in [6, 6.07) is 15.1.